The van der Waals surface area contributed by atoms with Crippen molar-refractivity contribution in [2.75, 3.05) is 13.1 Å². The predicted octanol–water partition coefficient (Wildman–Crippen LogP) is 2.48. The Kier molecular flexibility index (Phi) is 6.39. The maximum atomic E-state index is 11.0. The molecular weight excluding hydrogens is 273 g/mol. The van der Waals surface area contributed by atoms with E-state index in [1.165, 1.54) is 0 Å². The van der Waals surface area contributed by atoms with Crippen molar-refractivity contribution in [1.82, 2.24) is 9.88 Å². The van der Waals surface area contributed by atoms with Crippen LogP contribution in [0.25, 0.3) is 0 Å². The van der Waals surface area contributed by atoms with Crippen LogP contribution in [0.2, 0.25) is 10.2 Å². The Balaban J connectivity index is 2.74. The summed E-state index contributed by atoms with van der Waals surface area (Å²) in [5, 5.41) is 0.939. The van der Waals surface area contributed by atoms with Gasteiger partial charge in [0.25, 0.3) is 0 Å². The topological polar surface area (TPSA) is 59.2 Å². The van der Waals surface area contributed by atoms with Gasteiger partial charge in [-0.3, -0.25) is 9.69 Å². The first-order valence-electron chi connectivity index (χ1n) is 5.84. The van der Waals surface area contributed by atoms with Gasteiger partial charge in [0.1, 0.15) is 5.15 Å². The van der Waals surface area contributed by atoms with Gasteiger partial charge in [0.05, 0.1) is 17.3 Å². The Morgan fingerprint density at radius 2 is 2.17 bits per heavy atom. The van der Waals surface area contributed by atoms with Gasteiger partial charge >= 0.3 is 0 Å². The third-order valence-electron chi connectivity index (χ3n) is 2.47. The maximum absolute atomic E-state index is 11.0. The number of carbonyl (C=O) groups excluding carboxylic acids is 1. The summed E-state index contributed by atoms with van der Waals surface area (Å²) in [6.45, 7) is 3.55. The van der Waals surface area contributed by atoms with Crippen molar-refractivity contribution >= 4 is 29.1 Å². The number of rotatable bonds is 7. The fourth-order valence-electron chi connectivity index (χ4n) is 1.60. The van der Waals surface area contributed by atoms with Crippen LogP contribution < -0.4 is 5.73 Å². The normalized spacial score (nSPS) is 10.9. The first kappa shape index (κ1) is 15.2. The molecule has 0 fully saturated rings. The zero-order valence-electron chi connectivity index (χ0n) is 10.3. The van der Waals surface area contributed by atoms with Crippen LogP contribution in [-0.4, -0.2) is 28.9 Å². The molecule has 0 aliphatic heterocycles. The van der Waals surface area contributed by atoms with Gasteiger partial charge in [-0.05, 0) is 25.1 Å². The first-order chi connectivity index (χ1) is 8.52. The number of unbranched alkanes of at least 4 members (excludes halogenated alkanes) is 1. The number of pyridine rings is 1. The number of aromatic nitrogens is 1. The van der Waals surface area contributed by atoms with Crippen LogP contribution in [0.15, 0.2) is 12.1 Å². The van der Waals surface area contributed by atoms with Crippen molar-refractivity contribution in [3.63, 3.8) is 0 Å². The number of hydrogen-bond acceptors (Lipinski definition) is 3. The number of nitrogens with zero attached hydrogens (tertiary/aromatic N) is 2. The third-order valence-corrected chi connectivity index (χ3v) is 3.02. The Morgan fingerprint density at radius 3 is 2.78 bits per heavy atom. The molecule has 0 saturated carbocycles. The Bertz CT molecular complexity index is 412. The molecule has 1 aromatic heterocycles. The van der Waals surface area contributed by atoms with E-state index in [0.29, 0.717) is 22.4 Å². The molecule has 0 aliphatic carbocycles. The molecule has 0 bridgehead atoms. The van der Waals surface area contributed by atoms with Gasteiger partial charge in [-0.2, -0.15) is 0 Å². The highest BCUT2D eigenvalue weighted by molar-refractivity contribution is 6.32. The van der Waals surface area contributed by atoms with E-state index in [1.54, 1.807) is 12.1 Å². The minimum atomic E-state index is -0.357. The van der Waals surface area contributed by atoms with Crippen molar-refractivity contribution in [3.8, 4) is 0 Å². The van der Waals surface area contributed by atoms with Crippen LogP contribution in [0.4, 0.5) is 0 Å². The Labute approximate surface area is 117 Å². The minimum Gasteiger partial charge on any atom is -0.369 e. The number of halogens is 2. The van der Waals surface area contributed by atoms with Gasteiger partial charge < -0.3 is 5.73 Å². The summed E-state index contributed by atoms with van der Waals surface area (Å²) < 4.78 is 0. The Morgan fingerprint density at radius 1 is 1.44 bits per heavy atom. The molecular formula is C12H17Cl2N3O. The van der Waals surface area contributed by atoms with Crippen molar-refractivity contribution in [3.05, 3.63) is 28.0 Å². The summed E-state index contributed by atoms with van der Waals surface area (Å²) in [5.74, 6) is -0.357. The molecule has 4 nitrogen and oxygen atoms in total. The summed E-state index contributed by atoms with van der Waals surface area (Å²) in [5.41, 5.74) is 5.89. The fraction of sp³-hybridized carbons (Fsp3) is 0.500. The van der Waals surface area contributed by atoms with Crippen LogP contribution >= 0.6 is 23.2 Å². The van der Waals surface area contributed by atoms with Gasteiger partial charge in [0, 0.05) is 6.54 Å². The van der Waals surface area contributed by atoms with Crippen LogP contribution in [0.5, 0.6) is 0 Å². The zero-order chi connectivity index (χ0) is 13.5. The van der Waals surface area contributed by atoms with Gasteiger partial charge in [0.2, 0.25) is 5.91 Å². The summed E-state index contributed by atoms with van der Waals surface area (Å²) in [6.07, 6.45) is 2.04. The van der Waals surface area contributed by atoms with E-state index < -0.39 is 0 Å². The van der Waals surface area contributed by atoms with E-state index in [-0.39, 0.29) is 12.5 Å². The van der Waals surface area contributed by atoms with Crippen LogP contribution in [0.1, 0.15) is 25.5 Å². The summed E-state index contributed by atoms with van der Waals surface area (Å²) in [4.78, 5) is 17.1. The van der Waals surface area contributed by atoms with Crippen molar-refractivity contribution < 1.29 is 4.79 Å². The number of amides is 1. The van der Waals surface area contributed by atoms with E-state index in [9.17, 15) is 4.79 Å². The largest absolute Gasteiger partial charge is 0.369 e. The van der Waals surface area contributed by atoms with E-state index in [1.807, 2.05) is 4.90 Å². The molecule has 0 aliphatic rings. The minimum absolute atomic E-state index is 0.199. The van der Waals surface area contributed by atoms with E-state index in [2.05, 4.69) is 11.9 Å². The number of hydrogen-bond donors (Lipinski definition) is 1. The second-order valence-corrected chi connectivity index (χ2v) is 4.89. The maximum Gasteiger partial charge on any atom is 0.231 e. The van der Waals surface area contributed by atoms with Crippen molar-refractivity contribution in [2.45, 2.75) is 26.3 Å². The standard InChI is InChI=1S/C12H17Cl2N3O/c1-2-3-6-17(8-12(15)18)7-10-9(13)4-5-11(14)16-10/h4-5H,2-3,6-8H2,1H3,(H2,15,18). The highest BCUT2D eigenvalue weighted by Crippen LogP contribution is 2.18. The first-order valence-corrected chi connectivity index (χ1v) is 6.60. The second-order valence-electron chi connectivity index (χ2n) is 4.09. The lowest BCUT2D eigenvalue weighted by molar-refractivity contribution is -0.119. The monoisotopic (exact) mass is 289 g/mol. The summed E-state index contributed by atoms with van der Waals surface area (Å²) in [7, 11) is 0. The molecule has 0 radical (unpaired) electrons. The molecule has 1 rings (SSSR count). The summed E-state index contributed by atoms with van der Waals surface area (Å²) in [6, 6.07) is 3.34. The van der Waals surface area contributed by atoms with Crippen LogP contribution in [0, 0.1) is 0 Å². The lowest BCUT2D eigenvalue weighted by Gasteiger charge is -2.20. The van der Waals surface area contributed by atoms with Gasteiger partial charge in [-0.25, -0.2) is 4.98 Å². The molecule has 1 heterocycles. The smallest absolute Gasteiger partial charge is 0.231 e. The quantitative estimate of drug-likeness (QED) is 0.785. The lowest BCUT2D eigenvalue weighted by atomic mass is 10.2. The molecule has 100 valence electrons. The van der Waals surface area contributed by atoms with Crippen molar-refractivity contribution in [2.24, 2.45) is 5.73 Å². The van der Waals surface area contributed by atoms with E-state index in [0.717, 1.165) is 19.4 Å². The average Bonchev–Trinajstić information content (AvgIpc) is 2.30. The molecule has 0 aromatic carbocycles. The lowest BCUT2D eigenvalue weighted by Crippen LogP contribution is -2.34. The zero-order valence-corrected chi connectivity index (χ0v) is 11.8. The van der Waals surface area contributed by atoms with Crippen LogP contribution in [-0.2, 0) is 11.3 Å². The van der Waals surface area contributed by atoms with E-state index in [4.69, 9.17) is 28.9 Å². The molecule has 0 unspecified atom stereocenters. The van der Waals surface area contributed by atoms with E-state index >= 15 is 0 Å². The Hall–Kier alpha value is -0.840. The number of nitrogens with two attached hydrogens (primary N) is 1. The molecule has 6 heteroatoms. The fourth-order valence-corrected chi connectivity index (χ4v) is 1.93. The molecule has 1 aromatic rings. The number of carbonyl (C=O) groups is 1. The van der Waals surface area contributed by atoms with Crippen molar-refractivity contribution in [1.29, 1.82) is 0 Å². The number of primary amides is 1. The van der Waals surface area contributed by atoms with Gasteiger partial charge in [-0.1, -0.05) is 36.5 Å². The molecule has 0 spiro atoms. The third kappa shape index (κ3) is 5.21. The van der Waals surface area contributed by atoms with Gasteiger partial charge in [0.15, 0.2) is 0 Å². The molecule has 0 atom stereocenters. The average molecular weight is 290 g/mol. The highest BCUT2D eigenvalue weighted by atomic mass is 35.5. The SMILES string of the molecule is CCCCN(CC(N)=O)Cc1nc(Cl)ccc1Cl. The molecule has 0 saturated heterocycles. The highest BCUT2D eigenvalue weighted by Gasteiger charge is 2.12. The van der Waals surface area contributed by atoms with Crippen LogP contribution in [0.3, 0.4) is 0 Å². The molecule has 2 N–H and O–H groups in total. The molecule has 18 heavy (non-hydrogen) atoms. The van der Waals surface area contributed by atoms with Gasteiger partial charge in [-0.15, -0.1) is 0 Å². The second kappa shape index (κ2) is 7.56. The molecule has 1 amide bonds. The summed E-state index contributed by atoms with van der Waals surface area (Å²) >= 11 is 11.9. The predicted molar refractivity (Wildman–Crippen MR) is 73.6 cm³/mol.